The zero-order chi connectivity index (χ0) is 25.0. The number of carbonyl (C=O) groups excluding carboxylic acids is 1. The van der Waals surface area contributed by atoms with Crippen molar-refractivity contribution in [1.82, 2.24) is 14.9 Å². The number of hydrogen-bond acceptors (Lipinski definition) is 4. The molecule has 0 bridgehead atoms. The molecule has 184 valence electrons. The van der Waals surface area contributed by atoms with Gasteiger partial charge in [0.05, 0.1) is 29.1 Å². The van der Waals surface area contributed by atoms with Crippen LogP contribution in [0.15, 0.2) is 42.6 Å². The molecule has 2 aromatic carbocycles. The SMILES string of the molecule is CC(C)CC(=O)N1CCCC1c1ncc(-c2ccc3cc(B4OC(C)(C)C(C)(C)O4)ccc3c2)[nH]1. The zero-order valence-electron chi connectivity index (χ0n) is 21.7. The molecular formula is C28H36BN3O3. The van der Waals surface area contributed by atoms with Crippen LogP contribution in [-0.4, -0.2) is 45.6 Å². The second-order valence-electron chi connectivity index (χ2n) is 11.4. The predicted molar refractivity (Wildman–Crippen MR) is 140 cm³/mol. The van der Waals surface area contributed by atoms with E-state index in [0.29, 0.717) is 12.3 Å². The van der Waals surface area contributed by atoms with E-state index in [0.717, 1.165) is 52.7 Å². The summed E-state index contributed by atoms with van der Waals surface area (Å²) in [5.74, 6) is 1.47. The Morgan fingerprint density at radius 3 is 2.51 bits per heavy atom. The normalized spacial score (nSPS) is 21.4. The molecule has 3 heterocycles. The molecule has 1 amide bonds. The standard InChI is InChI=1S/C28H36BN3O3/c1-18(2)14-25(33)32-13-7-8-24(32)26-30-17-23(31-26)21-10-9-20-16-22(12-11-19(20)15-21)29-34-27(3,4)28(5,6)35-29/h9-12,15-18,24H,7-8,13-14H2,1-6H3,(H,30,31). The zero-order valence-corrected chi connectivity index (χ0v) is 21.7. The van der Waals surface area contributed by atoms with E-state index < -0.39 is 0 Å². The summed E-state index contributed by atoms with van der Waals surface area (Å²) < 4.78 is 12.5. The van der Waals surface area contributed by atoms with Gasteiger partial charge in [0.2, 0.25) is 5.91 Å². The molecule has 0 saturated carbocycles. The predicted octanol–water partition coefficient (Wildman–Crippen LogP) is 5.24. The molecule has 3 aromatic rings. The number of imidazole rings is 1. The molecule has 0 radical (unpaired) electrons. The van der Waals surface area contributed by atoms with E-state index in [2.05, 4.69) is 87.9 Å². The molecule has 0 spiro atoms. The number of aromatic amines is 1. The quantitative estimate of drug-likeness (QED) is 0.515. The first kappa shape index (κ1) is 24.1. The van der Waals surface area contributed by atoms with Crippen LogP contribution in [-0.2, 0) is 14.1 Å². The summed E-state index contributed by atoms with van der Waals surface area (Å²) in [7, 11) is -0.369. The average Bonchev–Trinajstić information content (AvgIpc) is 3.50. The van der Waals surface area contributed by atoms with E-state index in [-0.39, 0.29) is 30.3 Å². The van der Waals surface area contributed by atoms with Gasteiger partial charge < -0.3 is 19.2 Å². The number of H-pyrrole nitrogens is 1. The van der Waals surface area contributed by atoms with Crippen LogP contribution in [0.25, 0.3) is 22.0 Å². The first-order valence-electron chi connectivity index (χ1n) is 12.8. The van der Waals surface area contributed by atoms with Gasteiger partial charge >= 0.3 is 7.12 Å². The minimum atomic E-state index is -0.369. The topological polar surface area (TPSA) is 67.5 Å². The van der Waals surface area contributed by atoms with Gasteiger partial charge in [-0.1, -0.05) is 44.2 Å². The summed E-state index contributed by atoms with van der Waals surface area (Å²) >= 11 is 0. The highest BCUT2D eigenvalue weighted by molar-refractivity contribution is 6.62. The van der Waals surface area contributed by atoms with Crippen molar-refractivity contribution in [2.75, 3.05) is 6.54 Å². The van der Waals surface area contributed by atoms with Gasteiger partial charge in [0.1, 0.15) is 5.82 Å². The van der Waals surface area contributed by atoms with Gasteiger partial charge in [-0.25, -0.2) is 4.98 Å². The number of hydrogen-bond donors (Lipinski definition) is 1. The van der Waals surface area contributed by atoms with Crippen LogP contribution in [0.2, 0.25) is 0 Å². The van der Waals surface area contributed by atoms with E-state index in [4.69, 9.17) is 9.31 Å². The van der Waals surface area contributed by atoms with Gasteiger partial charge in [-0.3, -0.25) is 4.79 Å². The fraction of sp³-hybridized carbons (Fsp3) is 0.500. The molecule has 0 aliphatic carbocycles. The fourth-order valence-corrected chi connectivity index (χ4v) is 5.03. The molecule has 1 N–H and O–H groups in total. The summed E-state index contributed by atoms with van der Waals surface area (Å²) in [5.41, 5.74) is 2.37. The molecule has 2 aliphatic heterocycles. The van der Waals surface area contributed by atoms with E-state index in [1.54, 1.807) is 0 Å². The number of benzene rings is 2. The Morgan fingerprint density at radius 1 is 1.11 bits per heavy atom. The lowest BCUT2D eigenvalue weighted by Gasteiger charge is -2.32. The van der Waals surface area contributed by atoms with E-state index in [9.17, 15) is 4.79 Å². The lowest BCUT2D eigenvalue weighted by Crippen LogP contribution is -2.41. The maximum absolute atomic E-state index is 12.7. The minimum absolute atomic E-state index is 0.0397. The maximum Gasteiger partial charge on any atom is 0.494 e. The Hall–Kier alpha value is -2.64. The van der Waals surface area contributed by atoms with Gasteiger partial charge in [0, 0.05) is 18.5 Å². The number of amides is 1. The van der Waals surface area contributed by atoms with E-state index >= 15 is 0 Å². The number of aromatic nitrogens is 2. The van der Waals surface area contributed by atoms with Gasteiger partial charge in [-0.2, -0.15) is 0 Å². The molecule has 35 heavy (non-hydrogen) atoms. The fourth-order valence-electron chi connectivity index (χ4n) is 5.03. The van der Waals surface area contributed by atoms with Crippen molar-refractivity contribution in [3.05, 3.63) is 48.4 Å². The molecule has 6 nitrogen and oxygen atoms in total. The van der Waals surface area contributed by atoms with Crippen LogP contribution in [0.4, 0.5) is 0 Å². The van der Waals surface area contributed by atoms with Crippen molar-refractivity contribution in [1.29, 1.82) is 0 Å². The highest BCUT2D eigenvalue weighted by atomic mass is 16.7. The first-order chi connectivity index (χ1) is 16.5. The number of carbonyl (C=O) groups is 1. The molecule has 2 fully saturated rings. The molecule has 1 aromatic heterocycles. The summed E-state index contributed by atoms with van der Waals surface area (Å²) in [4.78, 5) is 22.9. The number of fused-ring (bicyclic) bond motifs is 1. The molecule has 2 aliphatic rings. The largest absolute Gasteiger partial charge is 0.494 e. The highest BCUT2D eigenvalue weighted by Crippen LogP contribution is 2.37. The first-order valence-corrected chi connectivity index (χ1v) is 12.8. The summed E-state index contributed by atoms with van der Waals surface area (Å²) in [6.07, 6.45) is 4.45. The second-order valence-corrected chi connectivity index (χ2v) is 11.4. The number of nitrogens with zero attached hydrogens (tertiary/aromatic N) is 2. The number of nitrogens with one attached hydrogen (secondary N) is 1. The van der Waals surface area contributed by atoms with Crippen molar-refractivity contribution in [3.63, 3.8) is 0 Å². The third kappa shape index (κ3) is 4.52. The Bertz CT molecular complexity index is 1230. The van der Waals surface area contributed by atoms with Crippen molar-refractivity contribution in [2.45, 2.75) is 78.0 Å². The van der Waals surface area contributed by atoms with Crippen LogP contribution in [0.3, 0.4) is 0 Å². The third-order valence-corrected chi connectivity index (χ3v) is 7.77. The Balaban J connectivity index is 1.36. The van der Waals surface area contributed by atoms with Crippen LogP contribution in [0.1, 0.15) is 72.7 Å². The van der Waals surface area contributed by atoms with Gasteiger partial charge in [-0.05, 0) is 68.8 Å². The highest BCUT2D eigenvalue weighted by Gasteiger charge is 2.51. The Kier molecular flexibility index (Phi) is 6.05. The summed E-state index contributed by atoms with van der Waals surface area (Å²) in [5, 5.41) is 2.29. The average molecular weight is 473 g/mol. The van der Waals surface area contributed by atoms with Crippen LogP contribution >= 0.6 is 0 Å². The lowest BCUT2D eigenvalue weighted by atomic mass is 9.78. The number of rotatable bonds is 5. The Labute approximate surface area is 208 Å². The van der Waals surface area contributed by atoms with Crippen molar-refractivity contribution in [3.8, 4) is 11.3 Å². The molecule has 7 heteroatoms. The van der Waals surface area contributed by atoms with E-state index in [1.807, 2.05) is 11.1 Å². The van der Waals surface area contributed by atoms with Crippen LogP contribution < -0.4 is 5.46 Å². The van der Waals surface area contributed by atoms with Crippen LogP contribution in [0, 0.1) is 5.92 Å². The smallest absolute Gasteiger partial charge is 0.399 e. The maximum atomic E-state index is 12.7. The monoisotopic (exact) mass is 473 g/mol. The number of likely N-dealkylation sites (tertiary alicyclic amines) is 1. The van der Waals surface area contributed by atoms with Crippen LogP contribution in [0.5, 0.6) is 0 Å². The second kappa shape index (κ2) is 8.79. The molecule has 1 unspecified atom stereocenters. The molecule has 1 atom stereocenters. The van der Waals surface area contributed by atoms with Gasteiger partial charge in [0.25, 0.3) is 0 Å². The van der Waals surface area contributed by atoms with Crippen molar-refractivity contribution >= 4 is 29.3 Å². The minimum Gasteiger partial charge on any atom is -0.399 e. The Morgan fingerprint density at radius 2 is 1.80 bits per heavy atom. The lowest BCUT2D eigenvalue weighted by molar-refractivity contribution is -0.133. The summed E-state index contributed by atoms with van der Waals surface area (Å²) in [6, 6.07) is 12.8. The van der Waals surface area contributed by atoms with Crippen molar-refractivity contribution < 1.29 is 14.1 Å². The van der Waals surface area contributed by atoms with Gasteiger partial charge in [-0.15, -0.1) is 0 Å². The molecule has 2 saturated heterocycles. The van der Waals surface area contributed by atoms with Gasteiger partial charge in [0.15, 0.2) is 0 Å². The molecular weight excluding hydrogens is 437 g/mol. The summed E-state index contributed by atoms with van der Waals surface area (Å²) in [6.45, 7) is 13.3. The molecule has 5 rings (SSSR count). The van der Waals surface area contributed by atoms with Crippen molar-refractivity contribution in [2.24, 2.45) is 5.92 Å². The van der Waals surface area contributed by atoms with E-state index in [1.165, 1.54) is 0 Å². The third-order valence-electron chi connectivity index (χ3n) is 7.77.